The lowest BCUT2D eigenvalue weighted by Gasteiger charge is -2.21. The topological polar surface area (TPSA) is 102 Å². The number of pyridine rings is 1. The lowest BCUT2D eigenvalue weighted by molar-refractivity contribution is 0.0520. The molecule has 38 heavy (non-hydrogen) atoms. The van der Waals surface area contributed by atoms with Gasteiger partial charge in [0.2, 0.25) is 0 Å². The quantitative estimate of drug-likeness (QED) is 0.203. The van der Waals surface area contributed by atoms with Gasteiger partial charge in [-0.3, -0.25) is 0 Å². The number of hydrogen-bond acceptors (Lipinski definition) is 7. The largest absolute Gasteiger partial charge is 0.461 e. The van der Waals surface area contributed by atoms with E-state index in [-0.39, 0.29) is 28.7 Å². The minimum Gasteiger partial charge on any atom is -0.461 e. The van der Waals surface area contributed by atoms with Crippen LogP contribution in [-0.4, -0.2) is 32.6 Å². The third-order valence-corrected chi connectivity index (χ3v) is 6.23. The molecular weight excluding hydrogens is 509 g/mol. The van der Waals surface area contributed by atoms with Crippen molar-refractivity contribution in [3.05, 3.63) is 88.1 Å². The standard InChI is InChI=1S/C28H25ClFN5O3/c1-6-38-26(36)25-23(29)24(34-15(2)19-12-18(31-5)8-9-21(19)30)20-11-16(7-10-22(20)35-25)17-13-32-27(33-14-17)28(3,4)37/h7-15,37H,6H2,1-4H3,(H,34,35)/t15-/m1/s1. The van der Waals surface area contributed by atoms with Crippen LogP contribution in [0.1, 0.15) is 55.6 Å². The molecular formula is C28H25ClFN5O3. The Balaban J connectivity index is 1.86. The fourth-order valence-corrected chi connectivity index (χ4v) is 4.19. The number of carbonyl (C=O) groups excluding carboxylic acids is 1. The number of carbonyl (C=O) groups is 1. The van der Waals surface area contributed by atoms with Crippen LogP contribution in [0, 0.1) is 12.4 Å². The molecule has 1 atom stereocenters. The zero-order chi connectivity index (χ0) is 27.6. The fraction of sp³-hybridized carbons (Fsp3) is 0.250. The zero-order valence-electron chi connectivity index (χ0n) is 21.2. The molecule has 0 spiro atoms. The van der Waals surface area contributed by atoms with Crippen molar-refractivity contribution < 1.29 is 19.0 Å². The van der Waals surface area contributed by atoms with Crippen LogP contribution in [0.5, 0.6) is 0 Å². The average Bonchev–Trinajstić information content (AvgIpc) is 2.89. The van der Waals surface area contributed by atoms with E-state index in [0.717, 1.165) is 5.56 Å². The zero-order valence-corrected chi connectivity index (χ0v) is 22.0. The van der Waals surface area contributed by atoms with E-state index in [9.17, 15) is 14.3 Å². The molecule has 4 rings (SSSR count). The first-order chi connectivity index (χ1) is 18.0. The van der Waals surface area contributed by atoms with E-state index in [4.69, 9.17) is 22.9 Å². The highest BCUT2D eigenvalue weighted by Crippen LogP contribution is 2.38. The minimum atomic E-state index is -1.18. The Morgan fingerprint density at radius 3 is 2.55 bits per heavy atom. The Morgan fingerprint density at radius 1 is 1.21 bits per heavy atom. The molecule has 0 amide bonds. The number of aromatic nitrogens is 3. The van der Waals surface area contributed by atoms with Crippen molar-refractivity contribution in [2.75, 3.05) is 11.9 Å². The Morgan fingerprint density at radius 2 is 1.92 bits per heavy atom. The summed E-state index contributed by atoms with van der Waals surface area (Å²) in [5, 5.41) is 14.0. The molecule has 0 aliphatic carbocycles. The summed E-state index contributed by atoms with van der Waals surface area (Å²) < 4.78 is 19.8. The van der Waals surface area contributed by atoms with Gasteiger partial charge in [-0.05, 0) is 63.1 Å². The summed E-state index contributed by atoms with van der Waals surface area (Å²) in [5.41, 5.74) is 1.54. The van der Waals surface area contributed by atoms with Gasteiger partial charge < -0.3 is 15.2 Å². The summed E-state index contributed by atoms with van der Waals surface area (Å²) in [4.78, 5) is 29.0. The van der Waals surface area contributed by atoms with Gasteiger partial charge >= 0.3 is 5.97 Å². The molecule has 8 nitrogen and oxygen atoms in total. The van der Waals surface area contributed by atoms with Gasteiger partial charge in [-0.25, -0.2) is 29.0 Å². The van der Waals surface area contributed by atoms with Crippen LogP contribution in [0.25, 0.3) is 26.9 Å². The molecule has 10 heteroatoms. The number of benzene rings is 2. The fourth-order valence-electron chi connectivity index (χ4n) is 3.92. The van der Waals surface area contributed by atoms with Gasteiger partial charge in [0.15, 0.2) is 17.2 Å². The van der Waals surface area contributed by atoms with Gasteiger partial charge in [-0.1, -0.05) is 23.7 Å². The second-order valence-electron chi connectivity index (χ2n) is 9.14. The van der Waals surface area contributed by atoms with E-state index >= 15 is 0 Å². The maximum Gasteiger partial charge on any atom is 0.358 e. The molecule has 0 aliphatic heterocycles. The Labute approximate surface area is 224 Å². The highest BCUT2D eigenvalue weighted by atomic mass is 35.5. The van der Waals surface area contributed by atoms with Crippen molar-refractivity contribution in [3.63, 3.8) is 0 Å². The van der Waals surface area contributed by atoms with E-state index in [1.807, 2.05) is 6.07 Å². The van der Waals surface area contributed by atoms with Gasteiger partial charge in [0, 0.05) is 23.3 Å². The number of fused-ring (bicyclic) bond motifs is 1. The molecule has 0 radical (unpaired) electrons. The van der Waals surface area contributed by atoms with Crippen LogP contribution >= 0.6 is 11.6 Å². The van der Waals surface area contributed by atoms with Crippen LogP contribution < -0.4 is 5.32 Å². The lowest BCUT2D eigenvalue weighted by Crippen LogP contribution is -2.19. The number of hydrogen-bond donors (Lipinski definition) is 2. The second-order valence-corrected chi connectivity index (χ2v) is 9.52. The van der Waals surface area contributed by atoms with Crippen LogP contribution in [-0.2, 0) is 10.3 Å². The number of nitrogens with one attached hydrogen (secondary N) is 1. The highest BCUT2D eigenvalue weighted by molar-refractivity contribution is 6.37. The Hall–Kier alpha value is -4.13. The molecule has 2 heterocycles. The monoisotopic (exact) mass is 533 g/mol. The number of halogens is 2. The molecule has 0 aliphatic rings. The molecule has 0 saturated carbocycles. The maximum atomic E-state index is 14.7. The molecule has 0 unspecified atom stereocenters. The minimum absolute atomic E-state index is 0.0234. The maximum absolute atomic E-state index is 14.7. The Kier molecular flexibility index (Phi) is 7.58. The van der Waals surface area contributed by atoms with Gasteiger partial charge in [0.25, 0.3) is 0 Å². The van der Waals surface area contributed by atoms with Crippen molar-refractivity contribution in [2.45, 2.75) is 39.3 Å². The number of aliphatic hydroxyl groups is 1. The first-order valence-electron chi connectivity index (χ1n) is 11.8. The summed E-state index contributed by atoms with van der Waals surface area (Å²) in [5.74, 6) is -0.885. The first kappa shape index (κ1) is 26.9. The first-order valence-corrected chi connectivity index (χ1v) is 12.2. The van der Waals surface area contributed by atoms with Crippen molar-refractivity contribution >= 4 is 39.8 Å². The molecule has 4 aromatic rings. The third kappa shape index (κ3) is 5.42. The second kappa shape index (κ2) is 10.7. The molecule has 194 valence electrons. The SMILES string of the molecule is [C-]#[N+]c1ccc(F)c([C@@H](C)Nc2c(Cl)c(C(=O)OCC)nc3ccc(-c4cnc(C(C)(C)O)nc4)cc23)c1. The van der Waals surface area contributed by atoms with Crippen LogP contribution in [0.3, 0.4) is 0 Å². The summed E-state index contributed by atoms with van der Waals surface area (Å²) in [6.07, 6.45) is 3.20. The van der Waals surface area contributed by atoms with Crippen molar-refractivity contribution in [1.82, 2.24) is 15.0 Å². The van der Waals surface area contributed by atoms with E-state index in [2.05, 4.69) is 25.1 Å². The molecule has 2 N–H and O–H groups in total. The van der Waals surface area contributed by atoms with Crippen molar-refractivity contribution in [2.24, 2.45) is 0 Å². The van der Waals surface area contributed by atoms with E-state index in [1.54, 1.807) is 52.2 Å². The van der Waals surface area contributed by atoms with E-state index < -0.39 is 23.4 Å². The summed E-state index contributed by atoms with van der Waals surface area (Å²) in [6.45, 7) is 14.0. The van der Waals surface area contributed by atoms with Crippen LogP contribution in [0.15, 0.2) is 48.8 Å². The predicted octanol–water partition coefficient (Wildman–Crippen LogP) is 6.61. The van der Waals surface area contributed by atoms with E-state index in [1.165, 1.54) is 18.2 Å². The van der Waals surface area contributed by atoms with Crippen molar-refractivity contribution in [3.8, 4) is 11.1 Å². The van der Waals surface area contributed by atoms with Crippen molar-refractivity contribution in [1.29, 1.82) is 0 Å². The molecule has 0 saturated heterocycles. The van der Waals surface area contributed by atoms with Gasteiger partial charge in [-0.2, -0.15) is 0 Å². The molecule has 0 bridgehead atoms. The third-order valence-electron chi connectivity index (χ3n) is 5.86. The number of ether oxygens (including phenoxy) is 1. The highest BCUT2D eigenvalue weighted by Gasteiger charge is 2.23. The van der Waals surface area contributed by atoms with Gasteiger partial charge in [0.05, 0.1) is 35.4 Å². The van der Waals surface area contributed by atoms with Gasteiger partial charge in [0.1, 0.15) is 11.4 Å². The number of esters is 1. The predicted molar refractivity (Wildman–Crippen MR) is 144 cm³/mol. The number of rotatable bonds is 7. The molecule has 0 fully saturated rings. The van der Waals surface area contributed by atoms with Crippen LogP contribution in [0.4, 0.5) is 15.8 Å². The average molecular weight is 534 g/mol. The van der Waals surface area contributed by atoms with E-state index in [0.29, 0.717) is 27.8 Å². The smallest absolute Gasteiger partial charge is 0.358 e. The normalized spacial score (nSPS) is 12.2. The number of nitrogens with zero attached hydrogens (tertiary/aromatic N) is 4. The summed E-state index contributed by atoms with van der Waals surface area (Å²) >= 11 is 6.70. The van der Waals surface area contributed by atoms with Crippen LogP contribution in [0.2, 0.25) is 5.02 Å². The summed E-state index contributed by atoms with van der Waals surface area (Å²) in [6, 6.07) is 8.84. The Bertz CT molecular complexity index is 1560. The number of anilines is 1. The van der Waals surface area contributed by atoms with Gasteiger partial charge in [-0.15, -0.1) is 0 Å². The molecule has 2 aromatic carbocycles. The summed E-state index contributed by atoms with van der Waals surface area (Å²) in [7, 11) is 0. The molecule has 2 aromatic heterocycles. The lowest BCUT2D eigenvalue weighted by atomic mass is 10.0.